The number of carbonyl (C=O) groups is 1. The number of halogens is 1. The van der Waals surface area contributed by atoms with Gasteiger partial charge in [-0.15, -0.1) is 0 Å². The molecule has 0 aliphatic carbocycles. The molecule has 0 saturated heterocycles. The summed E-state index contributed by atoms with van der Waals surface area (Å²) in [5.41, 5.74) is 3.99. The van der Waals surface area contributed by atoms with Crippen LogP contribution in [-0.2, 0) is 4.79 Å². The number of aryl methyl sites for hydroxylation is 1. The zero-order valence-electron chi connectivity index (χ0n) is 17.4. The van der Waals surface area contributed by atoms with Gasteiger partial charge < -0.3 is 14.5 Å². The van der Waals surface area contributed by atoms with E-state index in [1.165, 1.54) is 6.07 Å². The predicted molar refractivity (Wildman–Crippen MR) is 125 cm³/mol. The third-order valence-electron chi connectivity index (χ3n) is 4.92. The normalized spacial score (nSPS) is 10.7. The number of fused-ring (bicyclic) bond motifs is 1. The maximum Gasteiger partial charge on any atom is 0.264 e. The minimum atomic E-state index is -0.413. The number of ether oxygens (including phenoxy) is 1. The van der Waals surface area contributed by atoms with Gasteiger partial charge in [0.05, 0.1) is 5.56 Å². The second kappa shape index (κ2) is 9.15. The van der Waals surface area contributed by atoms with Gasteiger partial charge in [0.25, 0.3) is 5.91 Å². The summed E-state index contributed by atoms with van der Waals surface area (Å²) in [6.07, 6.45) is 0. The highest BCUT2D eigenvalue weighted by Crippen LogP contribution is 2.27. The maximum absolute atomic E-state index is 14.0. The van der Waals surface area contributed by atoms with E-state index in [0.29, 0.717) is 22.5 Å². The van der Waals surface area contributed by atoms with Gasteiger partial charge in [-0.25, -0.2) is 9.37 Å². The summed E-state index contributed by atoms with van der Waals surface area (Å²) in [5, 5.41) is 5.64. The molecular formula is C24H20FN3O3S. The summed E-state index contributed by atoms with van der Waals surface area (Å²) < 4.78 is 25.3. The minimum Gasteiger partial charge on any atom is -0.483 e. The number of rotatable bonds is 5. The lowest BCUT2D eigenvalue weighted by Crippen LogP contribution is -2.37. The molecule has 0 bridgehead atoms. The third kappa shape index (κ3) is 4.76. The molecular weight excluding hydrogens is 429 g/mol. The average Bonchev–Trinajstić information content (AvgIpc) is 3.18. The van der Waals surface area contributed by atoms with Crippen LogP contribution in [0.25, 0.3) is 22.6 Å². The van der Waals surface area contributed by atoms with Crippen molar-refractivity contribution >= 4 is 40.0 Å². The van der Waals surface area contributed by atoms with Gasteiger partial charge in [-0.05, 0) is 73.6 Å². The smallest absolute Gasteiger partial charge is 0.264 e. The van der Waals surface area contributed by atoms with Gasteiger partial charge >= 0.3 is 0 Å². The predicted octanol–water partition coefficient (Wildman–Crippen LogP) is 5.14. The molecule has 0 aliphatic rings. The number of benzene rings is 3. The second-order valence-electron chi connectivity index (χ2n) is 7.17. The van der Waals surface area contributed by atoms with Gasteiger partial charge in [0.2, 0.25) is 5.89 Å². The van der Waals surface area contributed by atoms with Crippen LogP contribution in [0.5, 0.6) is 5.75 Å². The maximum atomic E-state index is 14.0. The molecule has 32 heavy (non-hydrogen) atoms. The summed E-state index contributed by atoms with van der Waals surface area (Å²) in [4.78, 5) is 16.5. The van der Waals surface area contributed by atoms with Gasteiger partial charge in [0.15, 0.2) is 17.3 Å². The van der Waals surface area contributed by atoms with E-state index in [-0.39, 0.29) is 29.1 Å². The first-order valence-electron chi connectivity index (χ1n) is 9.86. The van der Waals surface area contributed by atoms with Crippen molar-refractivity contribution in [1.82, 2.24) is 10.3 Å². The van der Waals surface area contributed by atoms with Gasteiger partial charge in [-0.3, -0.25) is 10.1 Å². The van der Waals surface area contributed by atoms with E-state index in [1.54, 1.807) is 36.4 Å². The number of nitrogens with one attached hydrogen (secondary N) is 2. The molecule has 0 radical (unpaired) electrons. The molecule has 0 atom stereocenters. The zero-order valence-corrected chi connectivity index (χ0v) is 18.3. The summed E-state index contributed by atoms with van der Waals surface area (Å²) >= 11 is 5.22. The highest BCUT2D eigenvalue weighted by molar-refractivity contribution is 7.80. The van der Waals surface area contributed by atoms with Gasteiger partial charge in [-0.2, -0.15) is 0 Å². The van der Waals surface area contributed by atoms with Crippen LogP contribution in [-0.4, -0.2) is 22.6 Å². The summed E-state index contributed by atoms with van der Waals surface area (Å²) in [6.45, 7) is 3.75. The quantitative estimate of drug-likeness (QED) is 0.411. The zero-order chi connectivity index (χ0) is 22.7. The Hall–Kier alpha value is -3.78. The molecule has 4 rings (SSSR count). The number of anilines is 1. The van der Waals surface area contributed by atoms with Crippen molar-refractivity contribution in [2.75, 3.05) is 11.9 Å². The average molecular weight is 450 g/mol. The largest absolute Gasteiger partial charge is 0.483 e. The highest BCUT2D eigenvalue weighted by Gasteiger charge is 2.13. The first-order valence-corrected chi connectivity index (χ1v) is 10.3. The lowest BCUT2D eigenvalue weighted by molar-refractivity contribution is -0.121. The molecule has 0 spiro atoms. The van der Waals surface area contributed by atoms with Crippen molar-refractivity contribution in [3.63, 3.8) is 0 Å². The highest BCUT2D eigenvalue weighted by atomic mass is 32.1. The summed E-state index contributed by atoms with van der Waals surface area (Å²) in [5.74, 6) is 0.0491. The molecule has 1 aromatic heterocycles. The van der Waals surface area contributed by atoms with Crippen molar-refractivity contribution in [3.05, 3.63) is 77.6 Å². The molecule has 0 aliphatic heterocycles. The number of nitrogens with zero attached hydrogens (tertiary/aromatic N) is 1. The Bertz CT molecular complexity index is 1320. The number of hydrogen-bond donors (Lipinski definition) is 2. The molecule has 0 fully saturated rings. The molecule has 0 saturated carbocycles. The van der Waals surface area contributed by atoms with Crippen molar-refractivity contribution in [2.24, 2.45) is 0 Å². The molecule has 0 unspecified atom stereocenters. The number of oxazole rings is 1. The number of aromatic nitrogens is 1. The second-order valence-corrected chi connectivity index (χ2v) is 7.58. The standard InChI is InChI=1S/C24H20FN3O3S/c1-14-6-5-9-20(15(14)2)30-13-22(29)28-24(32)26-16-10-11-21-19(12-16)27-23(31-21)17-7-3-4-8-18(17)25/h3-12H,13H2,1-2H3,(H2,26,28,29,32). The van der Waals surface area contributed by atoms with Crippen molar-refractivity contribution in [3.8, 4) is 17.2 Å². The lowest BCUT2D eigenvalue weighted by atomic mass is 10.1. The summed E-state index contributed by atoms with van der Waals surface area (Å²) in [6, 6.07) is 17.1. The summed E-state index contributed by atoms with van der Waals surface area (Å²) in [7, 11) is 0. The van der Waals surface area contributed by atoms with E-state index >= 15 is 0 Å². The fourth-order valence-corrected chi connectivity index (χ4v) is 3.34. The van der Waals surface area contributed by atoms with E-state index in [2.05, 4.69) is 15.6 Å². The molecule has 4 aromatic rings. The van der Waals surface area contributed by atoms with Crippen LogP contribution >= 0.6 is 12.2 Å². The number of carbonyl (C=O) groups excluding carboxylic acids is 1. The first-order chi connectivity index (χ1) is 15.4. The molecule has 8 heteroatoms. The van der Waals surface area contributed by atoms with Crippen LogP contribution in [0, 0.1) is 19.7 Å². The van der Waals surface area contributed by atoms with Crippen molar-refractivity contribution in [2.45, 2.75) is 13.8 Å². The van der Waals surface area contributed by atoms with Crippen LogP contribution in [0.4, 0.5) is 10.1 Å². The molecule has 1 heterocycles. The van der Waals surface area contributed by atoms with E-state index < -0.39 is 5.82 Å². The Balaban J connectivity index is 1.38. The molecule has 162 valence electrons. The van der Waals surface area contributed by atoms with Crippen LogP contribution in [0.2, 0.25) is 0 Å². The fraction of sp³-hybridized carbons (Fsp3) is 0.125. The van der Waals surface area contributed by atoms with E-state index in [0.717, 1.165) is 11.1 Å². The first kappa shape index (κ1) is 21.5. The molecule has 3 aromatic carbocycles. The van der Waals surface area contributed by atoms with E-state index in [4.69, 9.17) is 21.4 Å². The molecule has 6 nitrogen and oxygen atoms in total. The number of thiocarbonyl (C=S) groups is 1. The van der Waals surface area contributed by atoms with Crippen molar-refractivity contribution < 1.29 is 18.3 Å². The Morgan fingerprint density at radius 3 is 2.75 bits per heavy atom. The van der Waals surface area contributed by atoms with Crippen LogP contribution in [0.3, 0.4) is 0 Å². The van der Waals surface area contributed by atoms with E-state index in [9.17, 15) is 9.18 Å². The monoisotopic (exact) mass is 449 g/mol. The number of amides is 1. The Morgan fingerprint density at radius 1 is 1.12 bits per heavy atom. The third-order valence-corrected chi connectivity index (χ3v) is 5.12. The van der Waals surface area contributed by atoms with Crippen LogP contribution in [0.15, 0.2) is 65.1 Å². The number of hydrogen-bond acceptors (Lipinski definition) is 5. The Kier molecular flexibility index (Phi) is 6.13. The minimum absolute atomic E-state index is 0.122. The molecule has 1 amide bonds. The Morgan fingerprint density at radius 2 is 1.94 bits per heavy atom. The lowest BCUT2D eigenvalue weighted by Gasteiger charge is -2.12. The topological polar surface area (TPSA) is 76.4 Å². The van der Waals surface area contributed by atoms with Gasteiger partial charge in [0.1, 0.15) is 17.1 Å². The van der Waals surface area contributed by atoms with Gasteiger partial charge in [0, 0.05) is 5.69 Å². The van der Waals surface area contributed by atoms with Crippen LogP contribution < -0.4 is 15.4 Å². The van der Waals surface area contributed by atoms with E-state index in [1.807, 2.05) is 32.0 Å². The van der Waals surface area contributed by atoms with Crippen molar-refractivity contribution in [1.29, 1.82) is 0 Å². The fourth-order valence-electron chi connectivity index (χ4n) is 3.10. The SMILES string of the molecule is Cc1cccc(OCC(=O)NC(=S)Nc2ccc3oc(-c4ccccc4F)nc3c2)c1C. The Labute approximate surface area is 189 Å². The van der Waals surface area contributed by atoms with Gasteiger partial charge in [-0.1, -0.05) is 24.3 Å². The molecule has 2 N–H and O–H groups in total. The van der Waals surface area contributed by atoms with Crippen LogP contribution in [0.1, 0.15) is 11.1 Å².